The molecule has 3 aromatic rings. The molecule has 0 amide bonds. The molecule has 0 aliphatic carbocycles. The molecular formula is C15H7Cl3OS. The Morgan fingerprint density at radius 3 is 2.25 bits per heavy atom. The van der Waals surface area contributed by atoms with E-state index in [-0.39, 0.29) is 15.8 Å². The van der Waals surface area contributed by atoms with Crippen LogP contribution < -0.4 is 0 Å². The van der Waals surface area contributed by atoms with Gasteiger partial charge in [0, 0.05) is 9.72 Å². The van der Waals surface area contributed by atoms with Crippen molar-refractivity contribution < 1.29 is 4.79 Å². The molecule has 3 rings (SSSR count). The summed E-state index contributed by atoms with van der Waals surface area (Å²) in [6.45, 7) is 0. The van der Waals surface area contributed by atoms with Crippen LogP contribution in [0.1, 0.15) is 15.2 Å². The minimum absolute atomic E-state index is 0.183. The van der Waals surface area contributed by atoms with Crippen LogP contribution in [0.4, 0.5) is 0 Å². The molecule has 0 spiro atoms. The molecule has 0 saturated carbocycles. The van der Waals surface area contributed by atoms with Gasteiger partial charge in [0.2, 0.25) is 5.78 Å². The smallest absolute Gasteiger partial charge is 0.205 e. The molecule has 2 aromatic carbocycles. The van der Waals surface area contributed by atoms with E-state index in [1.807, 2.05) is 30.3 Å². The van der Waals surface area contributed by atoms with Gasteiger partial charge in [0.05, 0.1) is 20.5 Å². The molecular weight excluding hydrogens is 335 g/mol. The van der Waals surface area contributed by atoms with E-state index in [0.717, 1.165) is 10.1 Å². The highest BCUT2D eigenvalue weighted by Crippen LogP contribution is 2.34. The molecule has 1 nitrogen and oxygen atoms in total. The van der Waals surface area contributed by atoms with E-state index in [2.05, 4.69) is 0 Å². The van der Waals surface area contributed by atoms with Gasteiger partial charge in [-0.25, -0.2) is 0 Å². The van der Waals surface area contributed by atoms with Crippen molar-refractivity contribution in [2.75, 3.05) is 0 Å². The number of fused-ring (bicyclic) bond motifs is 1. The Morgan fingerprint density at radius 1 is 0.950 bits per heavy atom. The van der Waals surface area contributed by atoms with E-state index < -0.39 is 0 Å². The van der Waals surface area contributed by atoms with Gasteiger partial charge in [-0.05, 0) is 29.7 Å². The van der Waals surface area contributed by atoms with Crippen molar-refractivity contribution in [2.24, 2.45) is 0 Å². The van der Waals surface area contributed by atoms with E-state index in [9.17, 15) is 4.79 Å². The lowest BCUT2D eigenvalue weighted by Gasteiger charge is -2.05. The predicted molar refractivity (Wildman–Crippen MR) is 86.7 cm³/mol. The number of carbonyl (C=O) groups is 1. The van der Waals surface area contributed by atoms with Gasteiger partial charge in [-0.1, -0.05) is 53.0 Å². The fourth-order valence-corrected chi connectivity index (χ4v) is 3.97. The minimum atomic E-state index is -0.183. The Balaban J connectivity index is 2.13. The third-order valence-electron chi connectivity index (χ3n) is 2.88. The number of benzene rings is 2. The van der Waals surface area contributed by atoms with Crippen molar-refractivity contribution in [2.45, 2.75) is 0 Å². The van der Waals surface area contributed by atoms with Crippen LogP contribution >= 0.6 is 46.1 Å². The Morgan fingerprint density at radius 2 is 1.60 bits per heavy atom. The molecule has 0 aliphatic rings. The number of hydrogen-bond acceptors (Lipinski definition) is 2. The number of hydrogen-bond donors (Lipinski definition) is 0. The maximum absolute atomic E-state index is 12.6. The summed E-state index contributed by atoms with van der Waals surface area (Å²) in [6.07, 6.45) is 0. The molecule has 0 aliphatic heterocycles. The summed E-state index contributed by atoms with van der Waals surface area (Å²) in [5.74, 6) is -0.183. The first-order chi connectivity index (χ1) is 9.56. The molecule has 0 radical (unpaired) electrons. The Bertz CT molecular complexity index is 767. The third kappa shape index (κ3) is 2.45. The quantitative estimate of drug-likeness (QED) is 0.515. The van der Waals surface area contributed by atoms with Gasteiger partial charge < -0.3 is 0 Å². The van der Waals surface area contributed by atoms with Crippen molar-refractivity contribution in [1.82, 2.24) is 0 Å². The lowest BCUT2D eigenvalue weighted by atomic mass is 10.1. The second-order valence-corrected chi connectivity index (χ2v) is 6.56. The second kappa shape index (κ2) is 5.38. The van der Waals surface area contributed by atoms with Crippen molar-refractivity contribution in [3.63, 3.8) is 0 Å². The molecule has 0 saturated heterocycles. The maximum Gasteiger partial charge on any atom is 0.205 e. The number of rotatable bonds is 2. The van der Waals surface area contributed by atoms with Crippen LogP contribution in [0.5, 0.6) is 0 Å². The average Bonchev–Trinajstić information content (AvgIpc) is 2.81. The van der Waals surface area contributed by atoms with E-state index in [4.69, 9.17) is 34.8 Å². The van der Waals surface area contributed by atoms with Gasteiger partial charge in [-0.15, -0.1) is 11.3 Å². The number of thiophene rings is 1. The van der Waals surface area contributed by atoms with Crippen molar-refractivity contribution in [3.8, 4) is 0 Å². The summed E-state index contributed by atoms with van der Waals surface area (Å²) in [5.41, 5.74) is 0.296. The first-order valence-electron chi connectivity index (χ1n) is 5.74. The standard InChI is InChI=1S/C15H7Cl3OS/c16-9-6-10(17)14(11(18)7-9)15(19)13-5-8-3-1-2-4-12(8)20-13/h1-7H. The molecule has 0 fully saturated rings. The highest BCUT2D eigenvalue weighted by molar-refractivity contribution is 7.21. The lowest BCUT2D eigenvalue weighted by molar-refractivity contribution is 0.104. The zero-order valence-corrected chi connectivity index (χ0v) is 13.1. The van der Waals surface area contributed by atoms with Gasteiger partial charge in [-0.2, -0.15) is 0 Å². The minimum Gasteiger partial charge on any atom is -0.288 e. The van der Waals surface area contributed by atoms with Gasteiger partial charge in [0.25, 0.3) is 0 Å². The summed E-state index contributed by atoms with van der Waals surface area (Å²) in [7, 11) is 0. The predicted octanol–water partition coefficient (Wildman–Crippen LogP) is 6.09. The summed E-state index contributed by atoms with van der Waals surface area (Å²) in [6, 6.07) is 12.7. The van der Waals surface area contributed by atoms with Crippen molar-refractivity contribution in [1.29, 1.82) is 0 Å². The second-order valence-electron chi connectivity index (χ2n) is 4.22. The molecule has 0 bridgehead atoms. The Hall–Kier alpha value is -1.06. The van der Waals surface area contributed by atoms with E-state index in [1.165, 1.54) is 23.5 Å². The van der Waals surface area contributed by atoms with Crippen LogP contribution in [0, 0.1) is 0 Å². The molecule has 0 unspecified atom stereocenters. The van der Waals surface area contributed by atoms with Crippen LogP contribution in [0.3, 0.4) is 0 Å². The van der Waals surface area contributed by atoms with Crippen LogP contribution in [-0.4, -0.2) is 5.78 Å². The van der Waals surface area contributed by atoms with Gasteiger partial charge >= 0.3 is 0 Å². The molecule has 0 N–H and O–H groups in total. The monoisotopic (exact) mass is 340 g/mol. The van der Waals surface area contributed by atoms with E-state index >= 15 is 0 Å². The first-order valence-corrected chi connectivity index (χ1v) is 7.69. The molecule has 100 valence electrons. The number of ketones is 1. The van der Waals surface area contributed by atoms with Crippen LogP contribution in [0.15, 0.2) is 42.5 Å². The van der Waals surface area contributed by atoms with Gasteiger partial charge in [0.1, 0.15) is 0 Å². The molecule has 5 heteroatoms. The van der Waals surface area contributed by atoms with Crippen molar-refractivity contribution in [3.05, 3.63) is 68.0 Å². The molecule has 0 atom stereocenters. The van der Waals surface area contributed by atoms with Crippen LogP contribution in [0.2, 0.25) is 15.1 Å². The number of carbonyl (C=O) groups excluding carboxylic acids is 1. The normalized spacial score (nSPS) is 10.9. The number of halogens is 3. The zero-order chi connectivity index (χ0) is 14.3. The molecule has 20 heavy (non-hydrogen) atoms. The first kappa shape index (κ1) is 13.9. The maximum atomic E-state index is 12.6. The van der Waals surface area contributed by atoms with Gasteiger partial charge in [0.15, 0.2) is 0 Å². The highest BCUT2D eigenvalue weighted by atomic mass is 35.5. The van der Waals surface area contributed by atoms with E-state index in [0.29, 0.717) is 15.5 Å². The average molecular weight is 342 g/mol. The lowest BCUT2D eigenvalue weighted by Crippen LogP contribution is -2.00. The van der Waals surface area contributed by atoms with Crippen LogP contribution in [0.25, 0.3) is 10.1 Å². The van der Waals surface area contributed by atoms with E-state index in [1.54, 1.807) is 0 Å². The fraction of sp³-hybridized carbons (Fsp3) is 0. The summed E-state index contributed by atoms with van der Waals surface area (Å²) in [5, 5.41) is 1.98. The Labute approximate surface area is 134 Å². The topological polar surface area (TPSA) is 17.1 Å². The van der Waals surface area contributed by atoms with Gasteiger partial charge in [-0.3, -0.25) is 4.79 Å². The summed E-state index contributed by atoms with van der Waals surface area (Å²) < 4.78 is 1.05. The van der Waals surface area contributed by atoms with Crippen molar-refractivity contribution >= 4 is 62.0 Å². The molecule has 1 heterocycles. The molecule has 1 aromatic heterocycles. The SMILES string of the molecule is O=C(c1cc2ccccc2s1)c1c(Cl)cc(Cl)cc1Cl. The third-order valence-corrected chi connectivity index (χ3v) is 4.81. The van der Waals surface area contributed by atoms with Crippen LogP contribution in [-0.2, 0) is 0 Å². The highest BCUT2D eigenvalue weighted by Gasteiger charge is 2.19. The fourth-order valence-electron chi connectivity index (χ4n) is 1.98. The largest absolute Gasteiger partial charge is 0.288 e. The Kier molecular flexibility index (Phi) is 3.74. The summed E-state index contributed by atoms with van der Waals surface area (Å²) in [4.78, 5) is 13.2. The zero-order valence-electron chi connectivity index (χ0n) is 9.99. The summed E-state index contributed by atoms with van der Waals surface area (Å²) >= 11 is 19.5.